The Balaban J connectivity index is 3.35. The molecule has 0 unspecified atom stereocenters. The van der Waals surface area contributed by atoms with Gasteiger partial charge in [0, 0.05) is 11.1 Å². The van der Waals surface area contributed by atoms with Gasteiger partial charge in [0.1, 0.15) is 5.75 Å². The number of methoxy groups -OCH3 is 1. The van der Waals surface area contributed by atoms with Gasteiger partial charge in [-0.05, 0) is 12.3 Å². The van der Waals surface area contributed by atoms with Gasteiger partial charge in [0.25, 0.3) is 0 Å². The van der Waals surface area contributed by atoms with Crippen LogP contribution in [0, 0.1) is 0 Å². The van der Waals surface area contributed by atoms with Crippen LogP contribution in [0.25, 0.3) is 6.08 Å². The lowest BCUT2D eigenvalue weighted by atomic mass is 9.85. The summed E-state index contributed by atoms with van der Waals surface area (Å²) in [6, 6.07) is 6.29. The Bertz CT molecular complexity index is 356. The van der Waals surface area contributed by atoms with Gasteiger partial charge in [0.05, 0.1) is 7.11 Å². The van der Waals surface area contributed by atoms with Crippen LogP contribution in [-0.4, -0.2) is 7.11 Å². The van der Waals surface area contributed by atoms with Gasteiger partial charge < -0.3 is 4.74 Å². The Morgan fingerprint density at radius 3 is 2.33 bits per heavy atom. The van der Waals surface area contributed by atoms with Gasteiger partial charge in [-0.25, -0.2) is 0 Å². The van der Waals surface area contributed by atoms with Gasteiger partial charge in [-0.3, -0.25) is 0 Å². The van der Waals surface area contributed by atoms with Crippen molar-refractivity contribution in [3.05, 3.63) is 35.4 Å². The van der Waals surface area contributed by atoms with Crippen molar-refractivity contribution in [3.8, 4) is 5.75 Å². The summed E-state index contributed by atoms with van der Waals surface area (Å²) in [4.78, 5) is 0. The highest BCUT2D eigenvalue weighted by Crippen LogP contribution is 2.34. The van der Waals surface area contributed by atoms with Crippen molar-refractivity contribution in [3.63, 3.8) is 0 Å². The number of hydrogen-bond acceptors (Lipinski definition) is 1. The molecule has 0 aliphatic carbocycles. The summed E-state index contributed by atoms with van der Waals surface area (Å²) in [5.41, 5.74) is 2.51. The molecule has 0 spiro atoms. The van der Waals surface area contributed by atoms with Gasteiger partial charge in [-0.15, -0.1) is 0 Å². The molecule has 0 N–H and O–H groups in total. The number of ether oxygens (including phenoxy) is 1. The summed E-state index contributed by atoms with van der Waals surface area (Å²) >= 11 is 0. The summed E-state index contributed by atoms with van der Waals surface area (Å²) in [6.07, 6.45) is 4.11. The van der Waals surface area contributed by atoms with E-state index in [4.69, 9.17) is 4.74 Å². The Kier molecular flexibility index (Phi) is 3.57. The van der Waals surface area contributed by atoms with E-state index < -0.39 is 0 Å². The van der Waals surface area contributed by atoms with E-state index in [0.717, 1.165) is 11.3 Å². The number of allylic oxidation sites excluding steroid dienone is 1. The van der Waals surface area contributed by atoms with E-state index in [1.807, 2.05) is 13.0 Å². The van der Waals surface area contributed by atoms with Crippen molar-refractivity contribution in [1.29, 1.82) is 0 Å². The quantitative estimate of drug-likeness (QED) is 0.706. The SMILES string of the molecule is C/C=C\c1cccc(C(C)(C)C)c1OC. The summed E-state index contributed by atoms with van der Waals surface area (Å²) < 4.78 is 5.50. The molecule has 0 aliphatic heterocycles. The average Bonchev–Trinajstić information content (AvgIpc) is 2.16. The maximum atomic E-state index is 5.50. The standard InChI is InChI=1S/C14H20O/c1-6-8-11-9-7-10-12(13(11)15-5)14(2,3)4/h6-10H,1-5H3/b8-6-. The first kappa shape index (κ1) is 11.8. The minimum absolute atomic E-state index is 0.114. The van der Waals surface area contributed by atoms with Gasteiger partial charge in [-0.1, -0.05) is 51.1 Å². The van der Waals surface area contributed by atoms with Crippen molar-refractivity contribution in [1.82, 2.24) is 0 Å². The topological polar surface area (TPSA) is 9.23 Å². The van der Waals surface area contributed by atoms with Crippen molar-refractivity contribution in [2.75, 3.05) is 7.11 Å². The zero-order valence-corrected chi connectivity index (χ0v) is 10.3. The largest absolute Gasteiger partial charge is 0.496 e. The third-order valence-corrected chi connectivity index (χ3v) is 2.40. The minimum atomic E-state index is 0.114. The first-order chi connectivity index (χ1) is 7.00. The normalized spacial score (nSPS) is 12.1. The first-order valence-electron chi connectivity index (χ1n) is 5.31. The second kappa shape index (κ2) is 4.52. The highest BCUT2D eigenvalue weighted by atomic mass is 16.5. The molecule has 1 heteroatoms. The molecule has 1 aromatic carbocycles. The Hall–Kier alpha value is -1.24. The van der Waals surface area contributed by atoms with E-state index in [9.17, 15) is 0 Å². The molecule has 0 aromatic heterocycles. The third kappa shape index (κ3) is 2.62. The molecule has 0 saturated heterocycles. The molecular formula is C14H20O. The molecule has 0 radical (unpaired) electrons. The summed E-state index contributed by atoms with van der Waals surface area (Å²) in [5, 5.41) is 0. The highest BCUT2D eigenvalue weighted by molar-refractivity contribution is 5.60. The van der Waals surface area contributed by atoms with E-state index in [-0.39, 0.29) is 5.41 Å². The predicted molar refractivity (Wildman–Crippen MR) is 66.4 cm³/mol. The van der Waals surface area contributed by atoms with Crippen LogP contribution in [-0.2, 0) is 5.41 Å². The number of para-hydroxylation sites is 1. The summed E-state index contributed by atoms with van der Waals surface area (Å²) in [5.74, 6) is 0.989. The van der Waals surface area contributed by atoms with E-state index in [2.05, 4.69) is 45.0 Å². The first-order valence-corrected chi connectivity index (χ1v) is 5.31. The fraction of sp³-hybridized carbons (Fsp3) is 0.429. The maximum Gasteiger partial charge on any atom is 0.129 e. The zero-order chi connectivity index (χ0) is 11.5. The summed E-state index contributed by atoms with van der Waals surface area (Å²) in [7, 11) is 1.73. The molecule has 82 valence electrons. The molecule has 0 aliphatic rings. The average molecular weight is 204 g/mol. The number of rotatable bonds is 2. The van der Waals surface area contributed by atoms with Crippen molar-refractivity contribution >= 4 is 6.08 Å². The smallest absolute Gasteiger partial charge is 0.129 e. The van der Waals surface area contributed by atoms with Gasteiger partial charge in [-0.2, -0.15) is 0 Å². The number of hydrogen-bond donors (Lipinski definition) is 0. The molecule has 1 rings (SSSR count). The Morgan fingerprint density at radius 1 is 1.20 bits per heavy atom. The van der Waals surface area contributed by atoms with Crippen LogP contribution < -0.4 is 4.74 Å². The van der Waals surface area contributed by atoms with E-state index in [1.165, 1.54) is 5.56 Å². The molecular weight excluding hydrogens is 184 g/mol. The van der Waals surface area contributed by atoms with Crippen LogP contribution in [0.2, 0.25) is 0 Å². The van der Waals surface area contributed by atoms with Crippen LogP contribution in [0.1, 0.15) is 38.8 Å². The third-order valence-electron chi connectivity index (χ3n) is 2.40. The molecule has 0 amide bonds. The molecule has 0 heterocycles. The van der Waals surface area contributed by atoms with Crippen LogP contribution in [0.5, 0.6) is 5.75 Å². The Morgan fingerprint density at radius 2 is 1.87 bits per heavy atom. The lowest BCUT2D eigenvalue weighted by Gasteiger charge is -2.23. The minimum Gasteiger partial charge on any atom is -0.496 e. The Labute approximate surface area is 92.8 Å². The molecule has 1 aromatic rings. The molecule has 0 saturated carbocycles. The second-order valence-electron chi connectivity index (χ2n) is 4.68. The molecule has 0 bridgehead atoms. The maximum absolute atomic E-state index is 5.50. The highest BCUT2D eigenvalue weighted by Gasteiger charge is 2.19. The van der Waals surface area contributed by atoms with E-state index in [0.29, 0.717) is 0 Å². The second-order valence-corrected chi connectivity index (χ2v) is 4.68. The van der Waals surface area contributed by atoms with Crippen molar-refractivity contribution in [2.24, 2.45) is 0 Å². The molecule has 0 fully saturated rings. The molecule has 15 heavy (non-hydrogen) atoms. The predicted octanol–water partition coefficient (Wildman–Crippen LogP) is 4.03. The van der Waals surface area contributed by atoms with Crippen LogP contribution in [0.3, 0.4) is 0 Å². The summed E-state index contributed by atoms with van der Waals surface area (Å²) in [6.45, 7) is 8.61. The van der Waals surface area contributed by atoms with Crippen LogP contribution >= 0.6 is 0 Å². The van der Waals surface area contributed by atoms with Gasteiger partial charge >= 0.3 is 0 Å². The molecule has 0 atom stereocenters. The van der Waals surface area contributed by atoms with E-state index >= 15 is 0 Å². The van der Waals surface area contributed by atoms with Crippen LogP contribution in [0.4, 0.5) is 0 Å². The lowest BCUT2D eigenvalue weighted by Crippen LogP contribution is -2.13. The number of benzene rings is 1. The molecule has 1 nitrogen and oxygen atoms in total. The van der Waals surface area contributed by atoms with Gasteiger partial charge in [0.15, 0.2) is 0 Å². The van der Waals surface area contributed by atoms with Gasteiger partial charge in [0.2, 0.25) is 0 Å². The lowest BCUT2D eigenvalue weighted by molar-refractivity contribution is 0.396. The van der Waals surface area contributed by atoms with E-state index in [1.54, 1.807) is 7.11 Å². The van der Waals surface area contributed by atoms with Crippen LogP contribution in [0.15, 0.2) is 24.3 Å². The fourth-order valence-corrected chi connectivity index (χ4v) is 1.68. The fourth-order valence-electron chi connectivity index (χ4n) is 1.68. The van der Waals surface area contributed by atoms with Crippen molar-refractivity contribution in [2.45, 2.75) is 33.1 Å². The monoisotopic (exact) mass is 204 g/mol. The van der Waals surface area contributed by atoms with Crippen molar-refractivity contribution < 1.29 is 4.74 Å². The zero-order valence-electron chi connectivity index (χ0n) is 10.3.